The molecule has 0 radical (unpaired) electrons. The molecule has 0 aliphatic rings. The number of carbonyl (C=O) groups excluding carboxylic acids is 1. The van der Waals surface area contributed by atoms with E-state index in [2.05, 4.69) is 10.6 Å². The summed E-state index contributed by atoms with van der Waals surface area (Å²) in [5.41, 5.74) is 1.74. The number of halogens is 1. The summed E-state index contributed by atoms with van der Waals surface area (Å²) < 4.78 is 0. The Morgan fingerprint density at radius 1 is 1.19 bits per heavy atom. The third-order valence-electron chi connectivity index (χ3n) is 2.85. The van der Waals surface area contributed by atoms with Gasteiger partial charge in [-0.25, -0.2) is 0 Å². The SMILES string of the molecule is CCNC(=S)Nc1ccc(Cl)cc1C(=O)c1ccccc1. The van der Waals surface area contributed by atoms with Crippen LogP contribution in [0.3, 0.4) is 0 Å². The van der Waals surface area contributed by atoms with Gasteiger partial charge in [0.25, 0.3) is 0 Å². The number of benzene rings is 2. The molecule has 0 fully saturated rings. The molecule has 0 saturated carbocycles. The zero-order chi connectivity index (χ0) is 15.2. The average molecular weight is 319 g/mol. The van der Waals surface area contributed by atoms with Crippen molar-refractivity contribution >= 4 is 40.4 Å². The third kappa shape index (κ3) is 4.03. The number of carbonyl (C=O) groups is 1. The van der Waals surface area contributed by atoms with Gasteiger partial charge in [0, 0.05) is 22.7 Å². The van der Waals surface area contributed by atoms with Gasteiger partial charge in [0.1, 0.15) is 0 Å². The van der Waals surface area contributed by atoms with Crippen LogP contribution in [0.2, 0.25) is 5.02 Å². The van der Waals surface area contributed by atoms with Crippen LogP contribution in [0.15, 0.2) is 48.5 Å². The lowest BCUT2D eigenvalue weighted by Crippen LogP contribution is -2.28. The Morgan fingerprint density at radius 2 is 1.90 bits per heavy atom. The molecule has 2 rings (SSSR count). The molecule has 5 heteroatoms. The number of rotatable bonds is 4. The molecule has 0 spiro atoms. The van der Waals surface area contributed by atoms with Crippen molar-refractivity contribution in [3.8, 4) is 0 Å². The van der Waals surface area contributed by atoms with Crippen molar-refractivity contribution in [1.82, 2.24) is 5.32 Å². The fraction of sp³-hybridized carbons (Fsp3) is 0.125. The molecular formula is C16H15ClN2OS. The van der Waals surface area contributed by atoms with Crippen molar-refractivity contribution in [2.75, 3.05) is 11.9 Å². The first-order chi connectivity index (χ1) is 10.1. The minimum atomic E-state index is -0.0973. The highest BCUT2D eigenvalue weighted by atomic mass is 35.5. The number of thiocarbonyl (C=S) groups is 1. The summed E-state index contributed by atoms with van der Waals surface area (Å²) in [5.74, 6) is -0.0973. The van der Waals surface area contributed by atoms with Gasteiger partial charge in [-0.2, -0.15) is 0 Å². The van der Waals surface area contributed by atoms with Crippen LogP contribution in [-0.4, -0.2) is 17.4 Å². The first-order valence-corrected chi connectivity index (χ1v) is 7.34. The molecular weight excluding hydrogens is 304 g/mol. The molecule has 0 unspecified atom stereocenters. The Balaban J connectivity index is 2.35. The minimum Gasteiger partial charge on any atom is -0.363 e. The van der Waals surface area contributed by atoms with Gasteiger partial charge in [0.15, 0.2) is 10.9 Å². The number of anilines is 1. The first kappa shape index (κ1) is 15.5. The third-order valence-corrected chi connectivity index (χ3v) is 3.33. The van der Waals surface area contributed by atoms with E-state index in [4.69, 9.17) is 23.8 Å². The van der Waals surface area contributed by atoms with Gasteiger partial charge in [0.2, 0.25) is 0 Å². The van der Waals surface area contributed by atoms with E-state index in [1.54, 1.807) is 30.3 Å². The summed E-state index contributed by atoms with van der Waals surface area (Å²) in [4.78, 5) is 12.6. The van der Waals surface area contributed by atoms with Gasteiger partial charge >= 0.3 is 0 Å². The monoisotopic (exact) mass is 318 g/mol. The van der Waals surface area contributed by atoms with Crippen LogP contribution in [-0.2, 0) is 0 Å². The zero-order valence-corrected chi connectivity index (χ0v) is 13.1. The summed E-state index contributed by atoms with van der Waals surface area (Å²) in [7, 11) is 0. The van der Waals surface area contributed by atoms with Crippen LogP contribution in [0, 0.1) is 0 Å². The molecule has 21 heavy (non-hydrogen) atoms. The summed E-state index contributed by atoms with van der Waals surface area (Å²) in [6.45, 7) is 2.66. The molecule has 0 atom stereocenters. The number of hydrogen-bond acceptors (Lipinski definition) is 2. The largest absolute Gasteiger partial charge is 0.363 e. The summed E-state index contributed by atoms with van der Waals surface area (Å²) in [6, 6.07) is 14.2. The molecule has 0 aliphatic carbocycles. The second kappa shape index (κ2) is 7.20. The highest BCUT2D eigenvalue weighted by Crippen LogP contribution is 2.23. The van der Waals surface area contributed by atoms with Crippen LogP contribution < -0.4 is 10.6 Å². The average Bonchev–Trinajstić information content (AvgIpc) is 2.49. The number of hydrogen-bond donors (Lipinski definition) is 2. The Hall–Kier alpha value is -1.91. The maximum atomic E-state index is 12.6. The molecule has 0 heterocycles. The highest BCUT2D eigenvalue weighted by Gasteiger charge is 2.14. The topological polar surface area (TPSA) is 41.1 Å². The molecule has 108 valence electrons. The Kier molecular flexibility index (Phi) is 5.31. The lowest BCUT2D eigenvalue weighted by molar-refractivity contribution is 0.103. The van der Waals surface area contributed by atoms with E-state index in [-0.39, 0.29) is 5.78 Å². The van der Waals surface area contributed by atoms with Crippen LogP contribution in [0.5, 0.6) is 0 Å². The van der Waals surface area contributed by atoms with E-state index < -0.39 is 0 Å². The fourth-order valence-corrected chi connectivity index (χ4v) is 2.31. The normalized spacial score (nSPS) is 10.0. The Labute approximate surface area is 134 Å². The van der Waals surface area contributed by atoms with Gasteiger partial charge in [-0.3, -0.25) is 4.79 Å². The standard InChI is InChI=1S/C16H15ClN2OS/c1-2-18-16(21)19-14-9-8-12(17)10-13(14)15(20)11-6-4-3-5-7-11/h3-10H,2H2,1H3,(H2,18,19,21). The van der Waals surface area contributed by atoms with Gasteiger partial charge in [-0.15, -0.1) is 0 Å². The molecule has 0 aromatic heterocycles. The van der Waals surface area contributed by atoms with E-state index >= 15 is 0 Å². The molecule has 0 bridgehead atoms. The van der Waals surface area contributed by atoms with Gasteiger partial charge in [-0.1, -0.05) is 41.9 Å². The van der Waals surface area contributed by atoms with E-state index in [1.165, 1.54) is 0 Å². The van der Waals surface area contributed by atoms with Crippen molar-refractivity contribution in [1.29, 1.82) is 0 Å². The maximum absolute atomic E-state index is 12.6. The van der Waals surface area contributed by atoms with Crippen molar-refractivity contribution < 1.29 is 4.79 Å². The van der Waals surface area contributed by atoms with Crippen LogP contribution in [0.4, 0.5) is 5.69 Å². The van der Waals surface area contributed by atoms with Crippen molar-refractivity contribution in [3.63, 3.8) is 0 Å². The molecule has 2 aromatic rings. The quantitative estimate of drug-likeness (QED) is 0.663. The predicted octanol–water partition coefficient (Wildman–Crippen LogP) is 3.88. The van der Waals surface area contributed by atoms with Crippen molar-refractivity contribution in [2.45, 2.75) is 6.92 Å². The van der Waals surface area contributed by atoms with Gasteiger partial charge in [0.05, 0.1) is 5.69 Å². The van der Waals surface area contributed by atoms with Crippen molar-refractivity contribution in [3.05, 3.63) is 64.7 Å². The van der Waals surface area contributed by atoms with Crippen LogP contribution in [0.25, 0.3) is 0 Å². The Morgan fingerprint density at radius 3 is 2.57 bits per heavy atom. The van der Waals surface area contributed by atoms with E-state index in [1.807, 2.05) is 25.1 Å². The predicted molar refractivity (Wildman–Crippen MR) is 91.2 cm³/mol. The number of nitrogens with one attached hydrogen (secondary N) is 2. The molecule has 2 aromatic carbocycles. The molecule has 0 aliphatic heterocycles. The van der Waals surface area contributed by atoms with Gasteiger partial charge in [-0.05, 0) is 37.3 Å². The second-order valence-corrected chi connectivity index (χ2v) is 5.21. The Bertz CT molecular complexity index is 659. The second-order valence-electron chi connectivity index (χ2n) is 4.37. The van der Waals surface area contributed by atoms with Gasteiger partial charge < -0.3 is 10.6 Å². The summed E-state index contributed by atoms with van der Waals surface area (Å²) in [6.07, 6.45) is 0. The molecule has 2 N–H and O–H groups in total. The molecule has 3 nitrogen and oxygen atoms in total. The van der Waals surface area contributed by atoms with Crippen LogP contribution >= 0.6 is 23.8 Å². The number of ketones is 1. The minimum absolute atomic E-state index is 0.0973. The van der Waals surface area contributed by atoms with E-state index in [0.29, 0.717) is 33.5 Å². The molecule has 0 amide bonds. The maximum Gasteiger partial charge on any atom is 0.195 e. The van der Waals surface area contributed by atoms with Crippen molar-refractivity contribution in [2.24, 2.45) is 0 Å². The lowest BCUT2D eigenvalue weighted by atomic mass is 10.0. The summed E-state index contributed by atoms with van der Waals surface area (Å²) >= 11 is 11.2. The van der Waals surface area contributed by atoms with Crippen LogP contribution in [0.1, 0.15) is 22.8 Å². The highest BCUT2D eigenvalue weighted by molar-refractivity contribution is 7.80. The van der Waals surface area contributed by atoms with E-state index in [9.17, 15) is 4.79 Å². The smallest absolute Gasteiger partial charge is 0.195 e. The fourth-order valence-electron chi connectivity index (χ4n) is 1.89. The first-order valence-electron chi connectivity index (χ1n) is 6.56. The zero-order valence-electron chi connectivity index (χ0n) is 11.5. The summed E-state index contributed by atoms with van der Waals surface area (Å²) in [5, 5.41) is 7.00. The van der Waals surface area contributed by atoms with E-state index in [0.717, 1.165) is 0 Å². The lowest BCUT2D eigenvalue weighted by Gasteiger charge is -2.13. The molecule has 0 saturated heterocycles.